The first-order valence-corrected chi connectivity index (χ1v) is 8.82. The Labute approximate surface area is 148 Å². The molecule has 1 heterocycles. The lowest BCUT2D eigenvalue weighted by atomic mass is 9.97. The van der Waals surface area contributed by atoms with E-state index in [1.165, 1.54) is 36.6 Å². The summed E-state index contributed by atoms with van der Waals surface area (Å²) in [5.74, 6) is 0.443. The number of nitrogens with one attached hydrogen (secondary N) is 2. The van der Waals surface area contributed by atoms with Gasteiger partial charge in [0.15, 0.2) is 0 Å². The van der Waals surface area contributed by atoms with Gasteiger partial charge in [-0.1, -0.05) is 29.3 Å². The van der Waals surface area contributed by atoms with Crippen LogP contribution in [0.25, 0.3) is 0 Å². The molecular weight excluding hydrogens is 312 g/mol. The van der Waals surface area contributed by atoms with Crippen molar-refractivity contribution in [2.45, 2.75) is 39.0 Å². The van der Waals surface area contributed by atoms with Crippen LogP contribution in [0, 0.1) is 6.92 Å². The molecule has 0 atom stereocenters. The topological polar surface area (TPSA) is 66.9 Å². The maximum absolute atomic E-state index is 12.1. The van der Waals surface area contributed by atoms with Crippen LogP contribution < -0.4 is 10.6 Å². The van der Waals surface area contributed by atoms with Crippen LogP contribution in [-0.4, -0.2) is 22.4 Å². The number of aryl methyl sites for hydroxylation is 1. The zero-order valence-corrected chi connectivity index (χ0v) is 14.6. The maximum Gasteiger partial charge on any atom is 0.271 e. The molecule has 25 heavy (non-hydrogen) atoms. The number of hydrogen-bond acceptors (Lipinski definition) is 4. The first-order valence-electron chi connectivity index (χ1n) is 8.82. The van der Waals surface area contributed by atoms with Crippen molar-refractivity contribution in [1.82, 2.24) is 15.3 Å². The Hall–Kier alpha value is -2.69. The Balaban J connectivity index is 1.49. The largest absolute Gasteiger partial charge is 0.350 e. The molecule has 1 aromatic carbocycles. The number of carbonyl (C=O) groups excluding carboxylic acids is 1. The summed E-state index contributed by atoms with van der Waals surface area (Å²) >= 11 is 0. The molecule has 0 aliphatic heterocycles. The van der Waals surface area contributed by atoms with E-state index in [-0.39, 0.29) is 5.91 Å². The fourth-order valence-electron chi connectivity index (χ4n) is 2.85. The van der Waals surface area contributed by atoms with Crippen LogP contribution in [0.3, 0.4) is 0 Å². The fraction of sp³-hybridized carbons (Fsp3) is 0.350. The Bertz CT molecular complexity index is 735. The number of benzene rings is 1. The minimum absolute atomic E-state index is 0.175. The molecule has 1 amide bonds. The third kappa shape index (κ3) is 5.14. The van der Waals surface area contributed by atoms with Crippen molar-refractivity contribution in [3.63, 3.8) is 0 Å². The van der Waals surface area contributed by atoms with Crippen LogP contribution in [0.1, 0.15) is 48.2 Å². The molecule has 2 aromatic rings. The predicted octanol–water partition coefficient (Wildman–Crippen LogP) is 4.15. The van der Waals surface area contributed by atoms with Crippen molar-refractivity contribution in [3.05, 3.63) is 59.6 Å². The van der Waals surface area contributed by atoms with Gasteiger partial charge in [-0.15, -0.1) is 0 Å². The number of hydrogen-bond donors (Lipinski definition) is 2. The van der Waals surface area contributed by atoms with Crippen LogP contribution in [0.4, 0.5) is 11.5 Å². The van der Waals surface area contributed by atoms with Gasteiger partial charge in [0.25, 0.3) is 5.91 Å². The quantitative estimate of drug-likeness (QED) is 0.778. The second-order valence-electron chi connectivity index (χ2n) is 6.39. The molecule has 0 saturated heterocycles. The van der Waals surface area contributed by atoms with Gasteiger partial charge in [-0.3, -0.25) is 4.79 Å². The summed E-state index contributed by atoms with van der Waals surface area (Å²) in [6.45, 7) is 2.69. The number of aromatic nitrogens is 2. The lowest BCUT2D eigenvalue weighted by Crippen LogP contribution is -2.26. The van der Waals surface area contributed by atoms with Crippen LogP contribution in [0.15, 0.2) is 48.3 Å². The Morgan fingerprint density at radius 2 is 1.96 bits per heavy atom. The van der Waals surface area contributed by atoms with Gasteiger partial charge >= 0.3 is 0 Å². The summed E-state index contributed by atoms with van der Waals surface area (Å²) in [5.41, 5.74) is 3.94. The minimum Gasteiger partial charge on any atom is -0.350 e. The van der Waals surface area contributed by atoms with Gasteiger partial charge in [0, 0.05) is 12.2 Å². The summed E-state index contributed by atoms with van der Waals surface area (Å²) in [7, 11) is 0. The standard InChI is InChI=1S/C20H24N4O/c1-15-7-9-17(10-8-15)24-19-14-22-18(13-23-19)20(25)21-12-11-16-5-3-2-4-6-16/h5,7-10,13-14H,2-4,6,11-12H2,1H3,(H,21,25)(H,23,24). The van der Waals surface area contributed by atoms with Crippen molar-refractivity contribution in [1.29, 1.82) is 0 Å². The molecule has 0 unspecified atom stereocenters. The highest BCUT2D eigenvalue weighted by Crippen LogP contribution is 2.19. The number of carbonyl (C=O) groups is 1. The molecule has 0 spiro atoms. The summed E-state index contributed by atoms with van der Waals surface area (Å²) in [6.07, 6.45) is 11.2. The van der Waals surface area contributed by atoms with Crippen molar-refractivity contribution in [3.8, 4) is 0 Å². The summed E-state index contributed by atoms with van der Waals surface area (Å²) < 4.78 is 0. The van der Waals surface area contributed by atoms with Gasteiger partial charge in [-0.2, -0.15) is 0 Å². The number of anilines is 2. The summed E-state index contributed by atoms with van der Waals surface area (Å²) in [4.78, 5) is 20.6. The number of allylic oxidation sites excluding steroid dienone is 1. The lowest BCUT2D eigenvalue weighted by Gasteiger charge is -2.12. The monoisotopic (exact) mass is 336 g/mol. The second-order valence-corrected chi connectivity index (χ2v) is 6.39. The average molecular weight is 336 g/mol. The van der Waals surface area contributed by atoms with E-state index in [0.717, 1.165) is 18.5 Å². The Morgan fingerprint density at radius 3 is 2.64 bits per heavy atom. The number of amides is 1. The molecule has 0 bridgehead atoms. The molecule has 2 N–H and O–H groups in total. The van der Waals surface area contributed by atoms with Crippen LogP contribution >= 0.6 is 0 Å². The van der Waals surface area contributed by atoms with E-state index >= 15 is 0 Å². The van der Waals surface area contributed by atoms with Crippen LogP contribution in [0.2, 0.25) is 0 Å². The highest BCUT2D eigenvalue weighted by molar-refractivity contribution is 5.92. The lowest BCUT2D eigenvalue weighted by molar-refractivity contribution is 0.0948. The van der Waals surface area contributed by atoms with E-state index in [0.29, 0.717) is 18.1 Å². The van der Waals surface area contributed by atoms with E-state index < -0.39 is 0 Å². The molecule has 130 valence electrons. The highest BCUT2D eigenvalue weighted by atomic mass is 16.1. The van der Waals surface area contributed by atoms with E-state index in [2.05, 4.69) is 26.7 Å². The minimum atomic E-state index is -0.175. The smallest absolute Gasteiger partial charge is 0.271 e. The predicted molar refractivity (Wildman–Crippen MR) is 100.0 cm³/mol. The average Bonchev–Trinajstić information content (AvgIpc) is 2.65. The van der Waals surface area contributed by atoms with Gasteiger partial charge in [-0.25, -0.2) is 9.97 Å². The van der Waals surface area contributed by atoms with E-state index in [9.17, 15) is 4.79 Å². The Morgan fingerprint density at radius 1 is 1.12 bits per heavy atom. The first-order chi connectivity index (χ1) is 12.2. The van der Waals surface area contributed by atoms with Gasteiger partial charge < -0.3 is 10.6 Å². The van der Waals surface area contributed by atoms with E-state index in [1.807, 2.05) is 31.2 Å². The molecule has 0 saturated carbocycles. The molecule has 3 rings (SSSR count). The SMILES string of the molecule is Cc1ccc(Nc2cnc(C(=O)NCCC3=CCCCC3)cn2)cc1. The van der Waals surface area contributed by atoms with Crippen LogP contribution in [-0.2, 0) is 0 Å². The van der Waals surface area contributed by atoms with Crippen LogP contribution in [0.5, 0.6) is 0 Å². The van der Waals surface area contributed by atoms with Crippen molar-refractivity contribution >= 4 is 17.4 Å². The molecule has 5 nitrogen and oxygen atoms in total. The van der Waals surface area contributed by atoms with Gasteiger partial charge in [0.1, 0.15) is 11.5 Å². The van der Waals surface area contributed by atoms with Gasteiger partial charge in [-0.05, 0) is 51.2 Å². The van der Waals surface area contributed by atoms with Crippen molar-refractivity contribution in [2.24, 2.45) is 0 Å². The molecule has 1 aliphatic carbocycles. The number of nitrogens with zero attached hydrogens (tertiary/aromatic N) is 2. The molecule has 1 aliphatic rings. The number of rotatable bonds is 6. The van der Waals surface area contributed by atoms with E-state index in [1.54, 1.807) is 6.20 Å². The third-order valence-corrected chi connectivity index (χ3v) is 4.33. The molecule has 0 radical (unpaired) electrons. The Kier molecular flexibility index (Phi) is 5.77. The van der Waals surface area contributed by atoms with Crippen molar-refractivity contribution < 1.29 is 4.79 Å². The molecule has 0 fully saturated rings. The zero-order valence-electron chi connectivity index (χ0n) is 14.6. The molecule has 5 heteroatoms. The highest BCUT2D eigenvalue weighted by Gasteiger charge is 2.09. The zero-order chi connectivity index (χ0) is 17.5. The molecule has 1 aromatic heterocycles. The van der Waals surface area contributed by atoms with Gasteiger partial charge in [0.2, 0.25) is 0 Å². The summed E-state index contributed by atoms with van der Waals surface area (Å²) in [6, 6.07) is 8.02. The second kappa shape index (κ2) is 8.42. The maximum atomic E-state index is 12.1. The fourth-order valence-corrected chi connectivity index (χ4v) is 2.85. The molecular formula is C20H24N4O. The van der Waals surface area contributed by atoms with Crippen molar-refractivity contribution in [2.75, 3.05) is 11.9 Å². The van der Waals surface area contributed by atoms with Gasteiger partial charge in [0.05, 0.1) is 12.4 Å². The summed E-state index contributed by atoms with van der Waals surface area (Å²) in [5, 5.41) is 6.09. The normalized spacial score (nSPS) is 13.9. The van der Waals surface area contributed by atoms with E-state index in [4.69, 9.17) is 0 Å². The third-order valence-electron chi connectivity index (χ3n) is 4.33. The first kappa shape index (κ1) is 17.1.